The highest BCUT2D eigenvalue weighted by atomic mass is 16.5. The van der Waals surface area contributed by atoms with E-state index in [1.165, 1.54) is 11.1 Å². The van der Waals surface area contributed by atoms with Gasteiger partial charge in [-0.25, -0.2) is 4.79 Å². The van der Waals surface area contributed by atoms with Crippen LogP contribution in [0.1, 0.15) is 50.7 Å². The first-order valence-corrected chi connectivity index (χ1v) is 10.6. The van der Waals surface area contributed by atoms with Gasteiger partial charge < -0.3 is 19.3 Å². The molecule has 0 aliphatic carbocycles. The topological polar surface area (TPSA) is 59.1 Å². The van der Waals surface area contributed by atoms with Crippen molar-refractivity contribution in [3.63, 3.8) is 0 Å². The summed E-state index contributed by atoms with van der Waals surface area (Å²) in [5, 5.41) is 0. The lowest BCUT2D eigenvalue weighted by molar-refractivity contribution is -0.140. The molecule has 0 N–H and O–H groups in total. The van der Waals surface area contributed by atoms with E-state index in [9.17, 15) is 9.59 Å². The Bertz CT molecular complexity index is 795. The number of fused-ring (bicyclic) bond motifs is 1. The lowest BCUT2D eigenvalue weighted by Crippen LogP contribution is -2.58. The van der Waals surface area contributed by atoms with Gasteiger partial charge in [-0.1, -0.05) is 32.9 Å². The monoisotopic (exact) mass is 400 g/mol. The zero-order chi connectivity index (χ0) is 20.8. The molecule has 3 aliphatic rings. The number of nitrogens with zero attached hydrogens (tertiary/aromatic N) is 2. The number of rotatable bonds is 2. The van der Waals surface area contributed by atoms with E-state index in [1.807, 2.05) is 9.80 Å². The molecule has 29 heavy (non-hydrogen) atoms. The average molecular weight is 401 g/mol. The maximum absolute atomic E-state index is 12.9. The maximum atomic E-state index is 12.9. The standard InChI is InChI=1S/C23H32N2O4/c1-23(2,3)19-6-5-15(10-21(19)28-4)17-12-25(13-17)22(27)24-8-7-20-16(11-24)9-18(26)14-29-20/h5-6,10,16-17,20H,7-9,11-14H2,1-4H3/t16-,20+/m1/s1. The minimum absolute atomic E-state index is 0.0296. The third kappa shape index (κ3) is 4.00. The Kier molecular flexibility index (Phi) is 5.32. The first-order chi connectivity index (χ1) is 13.8. The van der Waals surface area contributed by atoms with E-state index < -0.39 is 0 Å². The lowest BCUT2D eigenvalue weighted by Gasteiger charge is -2.46. The second-order valence-electron chi connectivity index (χ2n) is 9.68. The van der Waals surface area contributed by atoms with E-state index in [-0.39, 0.29) is 35.9 Å². The zero-order valence-corrected chi connectivity index (χ0v) is 17.9. The van der Waals surface area contributed by atoms with Gasteiger partial charge in [0.1, 0.15) is 12.4 Å². The average Bonchev–Trinajstić information content (AvgIpc) is 2.65. The molecule has 0 aromatic heterocycles. The van der Waals surface area contributed by atoms with Crippen LogP contribution in [0.15, 0.2) is 18.2 Å². The summed E-state index contributed by atoms with van der Waals surface area (Å²) in [5.74, 6) is 1.57. The van der Waals surface area contributed by atoms with Crippen LogP contribution in [-0.2, 0) is 14.9 Å². The molecule has 1 aromatic carbocycles. The Morgan fingerprint density at radius 1 is 1.17 bits per heavy atom. The molecule has 2 atom stereocenters. The summed E-state index contributed by atoms with van der Waals surface area (Å²) in [6.07, 6.45) is 1.50. The largest absolute Gasteiger partial charge is 0.496 e. The van der Waals surface area contributed by atoms with Gasteiger partial charge in [0.25, 0.3) is 0 Å². The minimum atomic E-state index is 0.0296. The molecule has 3 fully saturated rings. The van der Waals surface area contributed by atoms with Crippen LogP contribution in [-0.4, -0.2) is 67.6 Å². The van der Waals surface area contributed by atoms with Gasteiger partial charge in [0.2, 0.25) is 0 Å². The molecule has 0 spiro atoms. The smallest absolute Gasteiger partial charge is 0.320 e. The van der Waals surface area contributed by atoms with Crippen LogP contribution < -0.4 is 4.74 Å². The van der Waals surface area contributed by atoms with Gasteiger partial charge in [0.15, 0.2) is 5.78 Å². The molecule has 6 nitrogen and oxygen atoms in total. The molecule has 1 aromatic rings. The highest BCUT2D eigenvalue weighted by Crippen LogP contribution is 2.37. The maximum Gasteiger partial charge on any atom is 0.320 e. The number of Topliss-reactive ketones (excluding diaryl/α,β-unsaturated/α-hetero) is 1. The van der Waals surface area contributed by atoms with Gasteiger partial charge in [-0.2, -0.15) is 0 Å². The number of ketones is 1. The normalized spacial score (nSPS) is 25.4. The molecule has 4 rings (SSSR count). The molecular weight excluding hydrogens is 368 g/mol. The Balaban J connectivity index is 1.36. The van der Waals surface area contributed by atoms with Gasteiger partial charge in [-0.3, -0.25) is 4.79 Å². The van der Waals surface area contributed by atoms with E-state index in [1.54, 1.807) is 7.11 Å². The fourth-order valence-electron chi connectivity index (χ4n) is 4.78. The summed E-state index contributed by atoms with van der Waals surface area (Å²) in [5.41, 5.74) is 2.45. The van der Waals surface area contributed by atoms with Crippen molar-refractivity contribution in [2.75, 3.05) is 39.9 Å². The fraction of sp³-hybridized carbons (Fsp3) is 0.652. The van der Waals surface area contributed by atoms with Crippen LogP contribution in [0.25, 0.3) is 0 Å². The van der Waals surface area contributed by atoms with Crippen LogP contribution in [0, 0.1) is 5.92 Å². The number of hydrogen-bond donors (Lipinski definition) is 0. The van der Waals surface area contributed by atoms with E-state index in [4.69, 9.17) is 9.47 Å². The second-order valence-corrected chi connectivity index (χ2v) is 9.68. The quantitative estimate of drug-likeness (QED) is 0.765. The number of amides is 2. The molecule has 0 bridgehead atoms. The third-order valence-electron chi connectivity index (χ3n) is 6.54. The zero-order valence-electron chi connectivity index (χ0n) is 17.9. The lowest BCUT2D eigenvalue weighted by atomic mass is 9.83. The number of piperidine rings is 1. The highest BCUT2D eigenvalue weighted by molar-refractivity contribution is 5.81. The molecule has 0 unspecified atom stereocenters. The van der Waals surface area contributed by atoms with Crippen LogP contribution in [0.5, 0.6) is 5.75 Å². The highest BCUT2D eigenvalue weighted by Gasteiger charge is 2.40. The van der Waals surface area contributed by atoms with Crippen molar-refractivity contribution in [3.8, 4) is 5.75 Å². The Morgan fingerprint density at radius 3 is 2.62 bits per heavy atom. The molecule has 3 saturated heterocycles. The predicted octanol–water partition coefficient (Wildman–Crippen LogP) is 3.19. The number of ether oxygens (including phenoxy) is 2. The summed E-state index contributed by atoms with van der Waals surface area (Å²) >= 11 is 0. The Morgan fingerprint density at radius 2 is 1.93 bits per heavy atom. The van der Waals surface area contributed by atoms with E-state index in [0.29, 0.717) is 25.4 Å². The predicted molar refractivity (Wildman–Crippen MR) is 110 cm³/mol. The van der Waals surface area contributed by atoms with E-state index in [2.05, 4.69) is 39.0 Å². The van der Waals surface area contributed by atoms with Crippen molar-refractivity contribution < 1.29 is 19.1 Å². The molecule has 2 amide bonds. The van der Waals surface area contributed by atoms with Crippen molar-refractivity contribution in [3.05, 3.63) is 29.3 Å². The SMILES string of the molecule is COc1cc(C2CN(C(=O)N3CC[C@@H]4OCC(=O)C[C@@H]4C3)C2)ccc1C(C)(C)C. The Hall–Kier alpha value is -2.08. The van der Waals surface area contributed by atoms with Crippen LogP contribution in [0.2, 0.25) is 0 Å². The summed E-state index contributed by atoms with van der Waals surface area (Å²) in [6.45, 7) is 9.59. The van der Waals surface area contributed by atoms with E-state index >= 15 is 0 Å². The van der Waals surface area contributed by atoms with Gasteiger partial charge in [0.05, 0.1) is 13.2 Å². The van der Waals surface area contributed by atoms with Gasteiger partial charge in [-0.05, 0) is 29.0 Å². The van der Waals surface area contributed by atoms with E-state index in [0.717, 1.165) is 25.3 Å². The van der Waals surface area contributed by atoms with Crippen molar-refractivity contribution in [1.82, 2.24) is 9.80 Å². The van der Waals surface area contributed by atoms with Gasteiger partial charge >= 0.3 is 6.03 Å². The fourth-order valence-corrected chi connectivity index (χ4v) is 4.78. The number of carbonyl (C=O) groups excluding carboxylic acids is 2. The molecule has 0 saturated carbocycles. The van der Waals surface area contributed by atoms with Crippen LogP contribution in [0.3, 0.4) is 0 Å². The Labute approximate surface area is 173 Å². The first-order valence-electron chi connectivity index (χ1n) is 10.6. The second kappa shape index (κ2) is 7.63. The molecule has 0 radical (unpaired) electrons. The third-order valence-corrected chi connectivity index (χ3v) is 6.54. The molecule has 3 heterocycles. The molecule has 3 aliphatic heterocycles. The number of urea groups is 1. The van der Waals surface area contributed by atoms with Crippen molar-refractivity contribution in [1.29, 1.82) is 0 Å². The van der Waals surface area contributed by atoms with Gasteiger partial charge in [-0.15, -0.1) is 0 Å². The summed E-state index contributed by atoms with van der Waals surface area (Å²) < 4.78 is 11.3. The number of benzene rings is 1. The number of methoxy groups -OCH3 is 1. The van der Waals surface area contributed by atoms with Crippen LogP contribution in [0.4, 0.5) is 4.79 Å². The number of carbonyl (C=O) groups is 2. The number of likely N-dealkylation sites (tertiary alicyclic amines) is 2. The van der Waals surface area contributed by atoms with Gasteiger partial charge in [0, 0.05) is 44.4 Å². The summed E-state index contributed by atoms with van der Waals surface area (Å²) in [6, 6.07) is 6.55. The van der Waals surface area contributed by atoms with Crippen LogP contribution >= 0.6 is 0 Å². The summed E-state index contributed by atoms with van der Waals surface area (Å²) in [4.78, 5) is 28.4. The van der Waals surface area contributed by atoms with Crippen molar-refractivity contribution in [2.45, 2.75) is 51.0 Å². The molecule has 158 valence electrons. The molecular formula is C23H32N2O4. The summed E-state index contributed by atoms with van der Waals surface area (Å²) in [7, 11) is 1.72. The minimum Gasteiger partial charge on any atom is -0.496 e. The number of hydrogen-bond acceptors (Lipinski definition) is 4. The van der Waals surface area contributed by atoms with Crippen molar-refractivity contribution in [2.24, 2.45) is 5.92 Å². The molecule has 6 heteroatoms. The van der Waals surface area contributed by atoms with Crippen molar-refractivity contribution >= 4 is 11.8 Å². The first kappa shape index (κ1) is 20.2.